The molecular weight excluding hydrogens is 266 g/mol. The second-order valence-electron chi connectivity index (χ2n) is 5.38. The van der Waals surface area contributed by atoms with Gasteiger partial charge in [-0.25, -0.2) is 9.97 Å². The van der Waals surface area contributed by atoms with Crippen molar-refractivity contribution in [1.82, 2.24) is 14.5 Å². The van der Waals surface area contributed by atoms with Gasteiger partial charge < -0.3 is 4.74 Å². The second-order valence-corrected chi connectivity index (χ2v) is 5.74. The summed E-state index contributed by atoms with van der Waals surface area (Å²) in [4.78, 5) is 20.0. The monoisotopic (exact) mass is 281 g/mol. The lowest BCUT2D eigenvalue weighted by Gasteiger charge is -2.22. The predicted octanol–water partition coefficient (Wildman–Crippen LogP) is 3.19. The summed E-state index contributed by atoms with van der Waals surface area (Å²) in [6, 6.07) is 1.80. The van der Waals surface area contributed by atoms with Crippen LogP contribution >= 0.6 is 11.6 Å². The number of rotatable bonds is 2. The number of esters is 1. The molecule has 2 rings (SSSR count). The number of aromatic nitrogens is 3. The van der Waals surface area contributed by atoms with Crippen molar-refractivity contribution in [3.63, 3.8) is 0 Å². The summed E-state index contributed by atoms with van der Waals surface area (Å²) in [5.41, 5.74) is 0.110. The number of ether oxygens (including phenoxy) is 1. The van der Waals surface area contributed by atoms with Gasteiger partial charge in [-0.3, -0.25) is 9.36 Å². The smallest absolute Gasteiger partial charge is 0.313 e. The van der Waals surface area contributed by atoms with Crippen LogP contribution in [0.15, 0.2) is 18.6 Å². The van der Waals surface area contributed by atoms with Crippen LogP contribution in [0.4, 0.5) is 0 Å². The Hall–Kier alpha value is -1.62. The van der Waals surface area contributed by atoms with Crippen molar-refractivity contribution >= 4 is 28.6 Å². The fourth-order valence-corrected chi connectivity index (χ4v) is 1.81. The highest BCUT2D eigenvalue weighted by Gasteiger charge is 2.26. The van der Waals surface area contributed by atoms with E-state index in [1.807, 2.05) is 20.8 Å². The Kier molecular flexibility index (Phi) is 3.49. The van der Waals surface area contributed by atoms with Gasteiger partial charge in [0, 0.05) is 6.20 Å². The third kappa shape index (κ3) is 2.71. The average Bonchev–Trinajstić information content (AvgIpc) is 2.72. The number of carbonyl (C=O) groups is 1. The van der Waals surface area contributed by atoms with E-state index in [1.165, 1.54) is 6.33 Å². The molecule has 2 heterocycles. The molecule has 0 bridgehead atoms. The summed E-state index contributed by atoms with van der Waals surface area (Å²) in [6.07, 6.45) is 2.72. The van der Waals surface area contributed by atoms with E-state index in [-0.39, 0.29) is 5.97 Å². The van der Waals surface area contributed by atoms with Gasteiger partial charge in [0.05, 0.1) is 10.8 Å². The van der Waals surface area contributed by atoms with Crippen molar-refractivity contribution in [3.8, 4) is 0 Å². The summed E-state index contributed by atoms with van der Waals surface area (Å²) in [5.74, 6) is -0.262. The molecule has 2 aromatic heterocycles. The molecule has 0 spiro atoms. The van der Waals surface area contributed by atoms with Gasteiger partial charge in [-0.1, -0.05) is 11.6 Å². The molecule has 5 nitrogen and oxygen atoms in total. The Morgan fingerprint density at radius 3 is 2.74 bits per heavy atom. The summed E-state index contributed by atoms with van der Waals surface area (Å²) in [7, 11) is 0. The molecule has 6 heteroatoms. The number of halogens is 1. The van der Waals surface area contributed by atoms with E-state index in [9.17, 15) is 4.79 Å². The van der Waals surface area contributed by atoms with Crippen LogP contribution in [0, 0.1) is 5.41 Å². The first-order valence-electron chi connectivity index (χ1n) is 5.99. The first-order chi connectivity index (χ1) is 8.80. The van der Waals surface area contributed by atoms with Crippen LogP contribution in [0.1, 0.15) is 33.9 Å². The van der Waals surface area contributed by atoms with E-state index in [4.69, 9.17) is 16.3 Å². The molecule has 0 aromatic carbocycles. The van der Waals surface area contributed by atoms with E-state index in [2.05, 4.69) is 9.97 Å². The second kappa shape index (κ2) is 4.81. The molecule has 0 N–H and O–H groups in total. The molecule has 1 unspecified atom stereocenters. The predicted molar refractivity (Wildman–Crippen MR) is 72.8 cm³/mol. The van der Waals surface area contributed by atoms with Gasteiger partial charge in [0.1, 0.15) is 17.1 Å². The Morgan fingerprint density at radius 2 is 2.11 bits per heavy atom. The van der Waals surface area contributed by atoms with Gasteiger partial charge in [-0.2, -0.15) is 0 Å². The zero-order valence-corrected chi connectivity index (χ0v) is 12.1. The maximum atomic E-state index is 11.9. The normalized spacial score (nSPS) is 13.5. The molecule has 0 aliphatic heterocycles. The van der Waals surface area contributed by atoms with Gasteiger partial charge >= 0.3 is 5.97 Å². The standard InChI is InChI=1S/C13H16ClN3O2/c1-8(19-12(18)13(2,3)4)17-6-5-9-10(14)15-7-16-11(9)17/h5-8H,1-4H3. The number of fused-ring (bicyclic) bond motifs is 1. The quantitative estimate of drug-likeness (QED) is 0.626. The molecule has 102 valence electrons. The third-order valence-corrected chi connectivity index (χ3v) is 3.04. The van der Waals surface area contributed by atoms with E-state index in [0.717, 1.165) is 5.39 Å². The molecule has 19 heavy (non-hydrogen) atoms. The zero-order chi connectivity index (χ0) is 14.2. The number of nitrogens with zero attached hydrogens (tertiary/aromatic N) is 3. The lowest BCUT2D eigenvalue weighted by atomic mass is 9.97. The van der Waals surface area contributed by atoms with Crippen LogP contribution in [0.3, 0.4) is 0 Å². The summed E-state index contributed by atoms with van der Waals surface area (Å²) >= 11 is 5.98. The summed E-state index contributed by atoms with van der Waals surface area (Å²) in [5, 5.41) is 1.13. The Balaban J connectivity index is 2.30. The summed E-state index contributed by atoms with van der Waals surface area (Å²) in [6.45, 7) is 7.23. The van der Waals surface area contributed by atoms with Crippen molar-refractivity contribution in [2.45, 2.75) is 33.9 Å². The van der Waals surface area contributed by atoms with E-state index in [0.29, 0.717) is 10.8 Å². The highest BCUT2D eigenvalue weighted by molar-refractivity contribution is 6.33. The molecule has 0 saturated carbocycles. The van der Waals surface area contributed by atoms with Gasteiger partial charge in [0.15, 0.2) is 6.23 Å². The fourth-order valence-electron chi connectivity index (χ4n) is 1.62. The Labute approximate surface area is 116 Å². The molecule has 0 saturated heterocycles. The number of hydrogen-bond donors (Lipinski definition) is 0. The van der Waals surface area contributed by atoms with Gasteiger partial charge in [0.2, 0.25) is 0 Å². The Morgan fingerprint density at radius 1 is 1.42 bits per heavy atom. The SMILES string of the molecule is CC(OC(=O)C(C)(C)C)n1ccc2c(Cl)ncnc21. The van der Waals surface area contributed by atoms with Crippen LogP contribution in [-0.4, -0.2) is 20.5 Å². The van der Waals surface area contributed by atoms with E-state index < -0.39 is 11.6 Å². The van der Waals surface area contributed by atoms with Gasteiger partial charge in [0.25, 0.3) is 0 Å². The van der Waals surface area contributed by atoms with Crippen molar-refractivity contribution in [3.05, 3.63) is 23.7 Å². The van der Waals surface area contributed by atoms with Crippen LogP contribution in [0.25, 0.3) is 11.0 Å². The van der Waals surface area contributed by atoms with E-state index in [1.54, 1.807) is 23.8 Å². The molecule has 1 atom stereocenters. The maximum absolute atomic E-state index is 11.9. The van der Waals surface area contributed by atoms with Gasteiger partial charge in [-0.05, 0) is 33.8 Å². The number of hydrogen-bond acceptors (Lipinski definition) is 4. The lowest BCUT2D eigenvalue weighted by molar-refractivity contribution is -0.162. The fraction of sp³-hybridized carbons (Fsp3) is 0.462. The molecular formula is C13H16ClN3O2. The minimum Gasteiger partial charge on any atom is -0.441 e. The molecule has 0 fully saturated rings. The maximum Gasteiger partial charge on any atom is 0.313 e. The minimum absolute atomic E-state index is 0.262. The van der Waals surface area contributed by atoms with Crippen molar-refractivity contribution in [2.75, 3.05) is 0 Å². The largest absolute Gasteiger partial charge is 0.441 e. The molecule has 0 amide bonds. The zero-order valence-electron chi connectivity index (χ0n) is 11.3. The Bertz CT molecular complexity index is 616. The summed E-state index contributed by atoms with van der Waals surface area (Å²) < 4.78 is 7.18. The van der Waals surface area contributed by atoms with Crippen LogP contribution in [0.5, 0.6) is 0 Å². The topological polar surface area (TPSA) is 57.0 Å². The van der Waals surface area contributed by atoms with Crippen molar-refractivity contribution in [1.29, 1.82) is 0 Å². The molecule has 0 radical (unpaired) electrons. The number of carbonyl (C=O) groups excluding carboxylic acids is 1. The van der Waals surface area contributed by atoms with Crippen LogP contribution in [0.2, 0.25) is 5.15 Å². The molecule has 0 aliphatic rings. The third-order valence-electron chi connectivity index (χ3n) is 2.74. The lowest BCUT2D eigenvalue weighted by Crippen LogP contribution is -2.26. The van der Waals surface area contributed by atoms with Crippen molar-refractivity contribution in [2.24, 2.45) is 5.41 Å². The van der Waals surface area contributed by atoms with E-state index >= 15 is 0 Å². The van der Waals surface area contributed by atoms with Crippen LogP contribution < -0.4 is 0 Å². The highest BCUT2D eigenvalue weighted by Crippen LogP contribution is 2.25. The minimum atomic E-state index is -0.538. The first kappa shape index (κ1) is 13.8. The van der Waals surface area contributed by atoms with Crippen LogP contribution in [-0.2, 0) is 9.53 Å². The van der Waals surface area contributed by atoms with Crippen molar-refractivity contribution < 1.29 is 9.53 Å². The molecule has 0 aliphatic carbocycles. The average molecular weight is 282 g/mol. The molecule has 2 aromatic rings. The first-order valence-corrected chi connectivity index (χ1v) is 6.36. The van der Waals surface area contributed by atoms with Gasteiger partial charge in [-0.15, -0.1) is 0 Å². The highest BCUT2D eigenvalue weighted by atomic mass is 35.5.